The molecule has 1 heterocycles. The van der Waals surface area contributed by atoms with Crippen LogP contribution in [0, 0.1) is 0 Å². The SMILES string of the molecule is CC(NC(C)(C)C(N)=O)c1ccn[nH]1. The summed E-state index contributed by atoms with van der Waals surface area (Å²) in [6, 6.07) is 1.87. The van der Waals surface area contributed by atoms with Crippen molar-refractivity contribution in [1.82, 2.24) is 15.5 Å². The third-order valence-corrected chi connectivity index (χ3v) is 2.18. The number of H-pyrrole nitrogens is 1. The maximum atomic E-state index is 11.1. The van der Waals surface area contributed by atoms with Crippen LogP contribution >= 0.6 is 0 Å². The second-order valence-electron chi connectivity index (χ2n) is 3.87. The quantitative estimate of drug-likeness (QED) is 0.648. The largest absolute Gasteiger partial charge is 0.368 e. The van der Waals surface area contributed by atoms with Crippen LogP contribution in [0.1, 0.15) is 32.5 Å². The zero-order valence-electron chi connectivity index (χ0n) is 8.66. The molecule has 0 aromatic carbocycles. The van der Waals surface area contributed by atoms with Crippen molar-refractivity contribution in [2.24, 2.45) is 5.73 Å². The van der Waals surface area contributed by atoms with Gasteiger partial charge >= 0.3 is 0 Å². The van der Waals surface area contributed by atoms with E-state index in [4.69, 9.17) is 5.73 Å². The van der Waals surface area contributed by atoms with Crippen molar-refractivity contribution < 1.29 is 4.79 Å². The van der Waals surface area contributed by atoms with E-state index in [1.807, 2.05) is 13.0 Å². The van der Waals surface area contributed by atoms with Gasteiger partial charge in [-0.25, -0.2) is 0 Å². The van der Waals surface area contributed by atoms with Crippen LogP contribution in [0.3, 0.4) is 0 Å². The van der Waals surface area contributed by atoms with Crippen molar-refractivity contribution in [2.45, 2.75) is 32.4 Å². The molecular weight excluding hydrogens is 180 g/mol. The second-order valence-corrected chi connectivity index (χ2v) is 3.87. The Bertz CT molecular complexity index is 305. The number of nitrogens with zero attached hydrogens (tertiary/aromatic N) is 1. The van der Waals surface area contributed by atoms with E-state index in [1.165, 1.54) is 0 Å². The minimum atomic E-state index is -0.718. The van der Waals surface area contributed by atoms with E-state index in [1.54, 1.807) is 20.0 Å². The molecule has 1 atom stereocenters. The molecule has 1 aromatic heterocycles. The lowest BCUT2D eigenvalue weighted by molar-refractivity contribution is -0.123. The van der Waals surface area contributed by atoms with Crippen LogP contribution in [0.5, 0.6) is 0 Å². The first-order chi connectivity index (χ1) is 6.43. The number of nitrogens with one attached hydrogen (secondary N) is 2. The Morgan fingerprint density at radius 2 is 2.36 bits per heavy atom. The number of amides is 1. The monoisotopic (exact) mass is 196 g/mol. The number of aromatic nitrogens is 2. The summed E-state index contributed by atoms with van der Waals surface area (Å²) in [5, 5.41) is 9.78. The van der Waals surface area contributed by atoms with Gasteiger partial charge in [0, 0.05) is 12.2 Å². The lowest BCUT2D eigenvalue weighted by Gasteiger charge is -2.26. The lowest BCUT2D eigenvalue weighted by Crippen LogP contribution is -2.51. The summed E-state index contributed by atoms with van der Waals surface area (Å²) in [5.41, 5.74) is 5.46. The second kappa shape index (κ2) is 3.79. The number of hydrogen-bond acceptors (Lipinski definition) is 3. The average Bonchev–Trinajstić information content (AvgIpc) is 2.54. The molecule has 1 aromatic rings. The van der Waals surface area contributed by atoms with Gasteiger partial charge in [0.05, 0.1) is 11.2 Å². The smallest absolute Gasteiger partial charge is 0.237 e. The van der Waals surface area contributed by atoms with Crippen LogP contribution in [0.15, 0.2) is 12.3 Å². The molecule has 0 saturated heterocycles. The van der Waals surface area contributed by atoms with Gasteiger partial charge in [-0.15, -0.1) is 0 Å². The molecule has 4 N–H and O–H groups in total. The maximum Gasteiger partial charge on any atom is 0.237 e. The first-order valence-corrected chi connectivity index (χ1v) is 4.50. The van der Waals surface area contributed by atoms with Crippen LogP contribution in [-0.2, 0) is 4.79 Å². The molecule has 0 saturated carbocycles. The van der Waals surface area contributed by atoms with Crippen LogP contribution in [-0.4, -0.2) is 21.6 Å². The fraction of sp³-hybridized carbons (Fsp3) is 0.556. The molecule has 0 aliphatic rings. The Morgan fingerprint density at radius 1 is 1.71 bits per heavy atom. The molecule has 1 unspecified atom stereocenters. The molecule has 0 aliphatic carbocycles. The number of hydrogen-bond donors (Lipinski definition) is 3. The van der Waals surface area contributed by atoms with E-state index < -0.39 is 5.54 Å². The number of aromatic amines is 1. The summed E-state index contributed by atoms with van der Waals surface area (Å²) in [7, 11) is 0. The molecule has 0 fully saturated rings. The van der Waals surface area contributed by atoms with Gasteiger partial charge in [0.15, 0.2) is 0 Å². The van der Waals surface area contributed by atoms with Gasteiger partial charge in [0.25, 0.3) is 0 Å². The van der Waals surface area contributed by atoms with Crippen molar-refractivity contribution in [3.8, 4) is 0 Å². The number of nitrogens with two attached hydrogens (primary N) is 1. The van der Waals surface area contributed by atoms with Crippen molar-refractivity contribution in [1.29, 1.82) is 0 Å². The fourth-order valence-electron chi connectivity index (χ4n) is 1.20. The number of rotatable bonds is 4. The number of primary amides is 1. The van der Waals surface area contributed by atoms with Crippen molar-refractivity contribution in [3.05, 3.63) is 18.0 Å². The van der Waals surface area contributed by atoms with E-state index >= 15 is 0 Å². The zero-order valence-corrected chi connectivity index (χ0v) is 8.66. The van der Waals surface area contributed by atoms with Gasteiger partial charge in [-0.2, -0.15) is 5.10 Å². The van der Waals surface area contributed by atoms with Crippen LogP contribution in [0.4, 0.5) is 0 Å². The van der Waals surface area contributed by atoms with Crippen LogP contribution in [0.2, 0.25) is 0 Å². The summed E-state index contributed by atoms with van der Waals surface area (Å²) in [6.45, 7) is 5.45. The first kappa shape index (κ1) is 10.7. The first-order valence-electron chi connectivity index (χ1n) is 4.50. The van der Waals surface area contributed by atoms with E-state index in [0.717, 1.165) is 5.69 Å². The molecule has 0 bridgehead atoms. The molecule has 14 heavy (non-hydrogen) atoms. The van der Waals surface area contributed by atoms with Gasteiger partial charge < -0.3 is 5.73 Å². The average molecular weight is 196 g/mol. The number of carbonyl (C=O) groups is 1. The molecular formula is C9H16N4O. The zero-order chi connectivity index (χ0) is 10.8. The molecule has 1 amide bonds. The van der Waals surface area contributed by atoms with Gasteiger partial charge in [-0.05, 0) is 26.8 Å². The highest BCUT2D eigenvalue weighted by molar-refractivity contribution is 5.83. The third kappa shape index (κ3) is 2.32. The van der Waals surface area contributed by atoms with Gasteiger partial charge in [-0.3, -0.25) is 15.2 Å². The predicted molar refractivity (Wildman–Crippen MR) is 53.4 cm³/mol. The Balaban J connectivity index is 2.66. The molecule has 1 rings (SSSR count). The van der Waals surface area contributed by atoms with Crippen molar-refractivity contribution >= 4 is 5.91 Å². The molecule has 0 spiro atoms. The topological polar surface area (TPSA) is 83.8 Å². The fourth-order valence-corrected chi connectivity index (χ4v) is 1.20. The molecule has 78 valence electrons. The van der Waals surface area contributed by atoms with Gasteiger partial charge in [-0.1, -0.05) is 0 Å². The maximum absolute atomic E-state index is 11.1. The lowest BCUT2D eigenvalue weighted by atomic mass is 10.0. The Morgan fingerprint density at radius 3 is 2.79 bits per heavy atom. The minimum absolute atomic E-state index is 0.0139. The van der Waals surface area contributed by atoms with E-state index in [0.29, 0.717) is 0 Å². The van der Waals surface area contributed by atoms with Crippen molar-refractivity contribution in [2.75, 3.05) is 0 Å². The summed E-state index contributed by atoms with van der Waals surface area (Å²) in [5.74, 6) is -0.371. The Labute approximate surface area is 83.1 Å². The highest BCUT2D eigenvalue weighted by atomic mass is 16.1. The van der Waals surface area contributed by atoms with E-state index in [9.17, 15) is 4.79 Å². The van der Waals surface area contributed by atoms with Gasteiger partial charge in [0.2, 0.25) is 5.91 Å². The number of carbonyl (C=O) groups excluding carboxylic acids is 1. The Hall–Kier alpha value is -1.36. The summed E-state index contributed by atoms with van der Waals surface area (Å²) >= 11 is 0. The summed E-state index contributed by atoms with van der Waals surface area (Å²) < 4.78 is 0. The van der Waals surface area contributed by atoms with E-state index in [-0.39, 0.29) is 11.9 Å². The standard InChI is InChI=1S/C9H16N4O/c1-6(7-4-5-11-13-7)12-9(2,3)8(10)14/h4-6,12H,1-3H3,(H2,10,14)(H,11,13). The summed E-state index contributed by atoms with van der Waals surface area (Å²) in [4.78, 5) is 11.1. The highest BCUT2D eigenvalue weighted by Crippen LogP contribution is 2.13. The Kier molecular flexibility index (Phi) is 2.90. The highest BCUT2D eigenvalue weighted by Gasteiger charge is 2.26. The molecule has 0 radical (unpaired) electrons. The molecule has 5 heteroatoms. The molecule has 5 nitrogen and oxygen atoms in total. The van der Waals surface area contributed by atoms with Gasteiger partial charge in [0.1, 0.15) is 0 Å². The normalized spacial score (nSPS) is 13.9. The third-order valence-electron chi connectivity index (χ3n) is 2.18. The van der Waals surface area contributed by atoms with Crippen LogP contribution < -0.4 is 11.1 Å². The summed E-state index contributed by atoms with van der Waals surface area (Å²) in [6.07, 6.45) is 1.67. The van der Waals surface area contributed by atoms with E-state index in [2.05, 4.69) is 15.5 Å². The minimum Gasteiger partial charge on any atom is -0.368 e. The van der Waals surface area contributed by atoms with Crippen molar-refractivity contribution in [3.63, 3.8) is 0 Å². The molecule has 0 aliphatic heterocycles. The predicted octanol–water partition coefficient (Wildman–Crippen LogP) is 0.324. The van der Waals surface area contributed by atoms with Crippen LogP contribution in [0.25, 0.3) is 0 Å².